The molecule has 2 atom stereocenters. The summed E-state index contributed by atoms with van der Waals surface area (Å²) in [7, 11) is 0. The summed E-state index contributed by atoms with van der Waals surface area (Å²) in [6, 6.07) is 14.7. The van der Waals surface area contributed by atoms with Crippen LogP contribution < -0.4 is 11.0 Å². The quantitative estimate of drug-likeness (QED) is 0.108. The minimum absolute atomic E-state index is 0.400. The lowest BCUT2D eigenvalue weighted by Gasteiger charge is -2.27. The van der Waals surface area contributed by atoms with Crippen molar-refractivity contribution in [1.82, 2.24) is 9.97 Å². The molecule has 2 aromatic carbocycles. The molecule has 2 aliphatic carbocycles. The van der Waals surface area contributed by atoms with Gasteiger partial charge in [-0.2, -0.15) is 0 Å². The van der Waals surface area contributed by atoms with Crippen molar-refractivity contribution >= 4 is 57.1 Å². The van der Waals surface area contributed by atoms with Gasteiger partial charge in [-0.15, -0.1) is 0 Å². The van der Waals surface area contributed by atoms with Crippen LogP contribution in [0.25, 0.3) is 21.8 Å². The van der Waals surface area contributed by atoms with Crippen molar-refractivity contribution in [3.63, 3.8) is 0 Å². The molecular weight excluding hydrogens is 592 g/mol. The molecule has 0 fully saturated rings. The minimum atomic E-state index is -0.838. The van der Waals surface area contributed by atoms with Gasteiger partial charge in [-0.3, -0.25) is 9.59 Å². The van der Waals surface area contributed by atoms with E-state index in [9.17, 15) is 19.2 Å². The number of pyridine rings is 2. The van der Waals surface area contributed by atoms with Crippen molar-refractivity contribution in [2.45, 2.75) is 64.6 Å². The molecule has 0 bridgehead atoms. The van der Waals surface area contributed by atoms with Gasteiger partial charge in [-0.25, -0.2) is 30.5 Å². The molecule has 0 aliphatic heterocycles. The zero-order valence-electron chi connectivity index (χ0n) is 25.3. The lowest BCUT2D eigenvalue weighted by atomic mass is 9.91. The van der Waals surface area contributed by atoms with Crippen LogP contribution in [-0.2, 0) is 51.2 Å². The number of nitrogens with one attached hydrogen (secondary N) is 2. The third-order valence-corrected chi connectivity index (χ3v) is 7.93. The second kappa shape index (κ2) is 13.2. The monoisotopic (exact) mass is 624 g/mol. The van der Waals surface area contributed by atoms with Gasteiger partial charge in [0.25, 0.3) is 0 Å². The third-order valence-electron chi connectivity index (χ3n) is 7.93. The Labute approximate surface area is 264 Å². The summed E-state index contributed by atoms with van der Waals surface area (Å²) in [4.78, 5) is 68.9. The summed E-state index contributed by atoms with van der Waals surface area (Å²) in [5.74, 6) is -2.48. The number of rotatable bonds is 8. The van der Waals surface area contributed by atoms with E-state index < -0.39 is 36.1 Å². The average molecular weight is 625 g/mol. The van der Waals surface area contributed by atoms with Crippen molar-refractivity contribution in [3.05, 3.63) is 83.2 Å². The molecule has 6 rings (SSSR count). The molecule has 0 spiro atoms. The highest BCUT2D eigenvalue weighted by molar-refractivity contribution is 5.97. The van der Waals surface area contributed by atoms with Gasteiger partial charge in [0.15, 0.2) is 0 Å². The molecule has 0 saturated carbocycles. The number of benzene rings is 2. The van der Waals surface area contributed by atoms with E-state index >= 15 is 0 Å². The van der Waals surface area contributed by atoms with Crippen LogP contribution in [0.15, 0.2) is 60.7 Å². The van der Waals surface area contributed by atoms with Crippen LogP contribution in [-0.4, -0.2) is 33.8 Å². The van der Waals surface area contributed by atoms with E-state index in [1.165, 1.54) is 13.8 Å². The summed E-state index contributed by atoms with van der Waals surface area (Å²) in [5.41, 5.74) is 10.7. The molecule has 2 unspecified atom stereocenters. The summed E-state index contributed by atoms with van der Waals surface area (Å²) >= 11 is 0. The fourth-order valence-electron chi connectivity index (χ4n) is 6.05. The molecule has 46 heavy (non-hydrogen) atoms. The Morgan fingerprint density at radius 1 is 0.674 bits per heavy atom. The second-order valence-electron chi connectivity index (χ2n) is 11.1. The van der Waals surface area contributed by atoms with Gasteiger partial charge in [-0.1, -0.05) is 36.4 Å². The number of hydrogen-bond acceptors (Lipinski definition) is 12. The molecule has 0 radical (unpaired) electrons. The van der Waals surface area contributed by atoms with Crippen LogP contribution in [0.5, 0.6) is 0 Å². The summed E-state index contributed by atoms with van der Waals surface area (Å²) in [6.07, 6.45) is 4.99. The lowest BCUT2D eigenvalue weighted by Crippen LogP contribution is -2.20. The number of hydrogen-bond donors (Lipinski definition) is 2. The van der Waals surface area contributed by atoms with Gasteiger partial charge in [0, 0.05) is 47.9 Å². The number of fused-ring (bicyclic) bond motifs is 4. The number of anilines is 2. The maximum absolute atomic E-state index is 12.7. The molecule has 2 aliphatic rings. The Bertz CT molecular complexity index is 1750. The molecule has 12 nitrogen and oxygen atoms in total. The predicted octanol–water partition coefficient (Wildman–Crippen LogP) is 5.66. The number of nitrogens with zero attached hydrogens (tertiary/aromatic N) is 2. The van der Waals surface area contributed by atoms with E-state index in [-0.39, 0.29) is 0 Å². The first-order valence-electron chi connectivity index (χ1n) is 15.1. The smallest absolute Gasteiger partial charge is 0.355 e. The Morgan fingerprint density at radius 2 is 1.09 bits per heavy atom. The molecule has 0 saturated heterocycles. The normalized spacial score (nSPS) is 17.1. The highest BCUT2D eigenvalue weighted by Gasteiger charge is 2.30. The van der Waals surface area contributed by atoms with E-state index in [1.807, 2.05) is 48.5 Å². The predicted molar refractivity (Wildman–Crippen MR) is 167 cm³/mol. The number of ether oxygens (including phenoxy) is 2. The van der Waals surface area contributed by atoms with Gasteiger partial charge in [0.1, 0.15) is 12.2 Å². The second-order valence-corrected chi connectivity index (χ2v) is 11.1. The Balaban J connectivity index is 1.16. The Kier molecular flexibility index (Phi) is 8.77. The SMILES string of the molecule is CC(=O)OC1CCCc2c1nc1ccccc1c2NOC(=O)/C=C/C(=O)ONc1c2c(nc3ccccc13)C(OC(C)=O)CCC2. The van der Waals surface area contributed by atoms with Gasteiger partial charge in [0.05, 0.1) is 33.8 Å². The van der Waals surface area contributed by atoms with E-state index in [2.05, 4.69) is 11.0 Å². The third kappa shape index (κ3) is 6.46. The van der Waals surface area contributed by atoms with Crippen molar-refractivity contribution in [2.24, 2.45) is 0 Å². The highest BCUT2D eigenvalue weighted by atomic mass is 16.7. The standard InChI is InChI=1S/C34H32N4O8/c1-19(39)43-27-15-7-11-23-31(21-9-3-5-13-25(21)35-33(23)27)37-45-29(41)17-18-30(42)46-38-32-22-10-4-6-14-26(22)36-34-24(32)12-8-16-28(34)44-20(2)40/h3-6,9-10,13-14,17-18,27-28H,7-8,11-12,15-16H2,1-2H3,(H,35,37)(H,36,38)/b18-17+. The number of carbonyl (C=O) groups excluding carboxylic acids is 4. The molecule has 4 aromatic rings. The van der Waals surface area contributed by atoms with Crippen molar-refractivity contribution in [1.29, 1.82) is 0 Å². The number of para-hydroxylation sites is 2. The molecule has 12 heteroatoms. The van der Waals surface area contributed by atoms with Crippen molar-refractivity contribution in [2.75, 3.05) is 11.0 Å². The largest absolute Gasteiger partial charge is 0.456 e. The number of esters is 2. The van der Waals surface area contributed by atoms with Gasteiger partial charge < -0.3 is 19.1 Å². The van der Waals surface area contributed by atoms with Crippen LogP contribution in [0.1, 0.15) is 74.3 Å². The maximum atomic E-state index is 12.7. The molecular formula is C34H32N4O8. The summed E-state index contributed by atoms with van der Waals surface area (Å²) < 4.78 is 11.0. The Morgan fingerprint density at radius 3 is 1.50 bits per heavy atom. The molecule has 236 valence electrons. The van der Waals surface area contributed by atoms with Gasteiger partial charge >= 0.3 is 23.9 Å². The lowest BCUT2D eigenvalue weighted by molar-refractivity contribution is -0.148. The molecule has 0 amide bonds. The van der Waals surface area contributed by atoms with Crippen molar-refractivity contribution < 1.29 is 38.3 Å². The Hall–Kier alpha value is -5.52. The van der Waals surface area contributed by atoms with E-state index in [1.54, 1.807) is 0 Å². The average Bonchev–Trinajstić information content (AvgIpc) is 3.04. The minimum Gasteiger partial charge on any atom is -0.456 e. The van der Waals surface area contributed by atoms with Crippen LogP contribution in [0.4, 0.5) is 11.4 Å². The first-order chi connectivity index (χ1) is 22.3. The fraction of sp³-hybridized carbons (Fsp3) is 0.294. The molecule has 2 heterocycles. The van der Waals surface area contributed by atoms with Crippen LogP contribution in [0, 0.1) is 0 Å². The maximum Gasteiger partial charge on any atom is 0.355 e. The number of carbonyl (C=O) groups is 4. The van der Waals surface area contributed by atoms with E-state index in [0.29, 0.717) is 59.5 Å². The first-order valence-corrected chi connectivity index (χ1v) is 15.1. The topological polar surface area (TPSA) is 155 Å². The fourth-order valence-corrected chi connectivity index (χ4v) is 6.05. The van der Waals surface area contributed by atoms with Crippen LogP contribution in [0.3, 0.4) is 0 Å². The molecule has 2 N–H and O–H groups in total. The zero-order chi connectivity index (χ0) is 32.2. The van der Waals surface area contributed by atoms with Crippen molar-refractivity contribution in [3.8, 4) is 0 Å². The first kappa shape index (κ1) is 30.5. The number of aromatic nitrogens is 2. The van der Waals surface area contributed by atoms with Crippen LogP contribution in [0.2, 0.25) is 0 Å². The van der Waals surface area contributed by atoms with E-state index in [4.69, 9.17) is 29.1 Å². The van der Waals surface area contributed by atoms with Gasteiger partial charge in [0.2, 0.25) is 0 Å². The zero-order valence-corrected chi connectivity index (χ0v) is 25.3. The summed E-state index contributed by atoms with van der Waals surface area (Å²) in [5, 5.41) is 1.46. The van der Waals surface area contributed by atoms with E-state index in [0.717, 1.165) is 46.9 Å². The van der Waals surface area contributed by atoms with Crippen LogP contribution >= 0.6 is 0 Å². The molecule has 2 aromatic heterocycles. The highest BCUT2D eigenvalue weighted by Crippen LogP contribution is 2.40. The van der Waals surface area contributed by atoms with Gasteiger partial charge in [-0.05, 0) is 50.7 Å². The summed E-state index contributed by atoms with van der Waals surface area (Å²) in [6.45, 7) is 2.72.